The molecule has 0 aromatic carbocycles. The molecule has 1 N–H and O–H groups in total. The largest absolute Gasteiger partial charge is 0.462 e. The van der Waals surface area contributed by atoms with Gasteiger partial charge in [0.15, 0.2) is 6.10 Å². The van der Waals surface area contributed by atoms with Gasteiger partial charge in [-0.25, -0.2) is 0 Å². The molecule has 0 fully saturated rings. The van der Waals surface area contributed by atoms with E-state index in [1.165, 1.54) is 57.8 Å². The summed E-state index contributed by atoms with van der Waals surface area (Å²) in [5.41, 5.74) is 0. The Hall–Kier alpha value is -2.92. The van der Waals surface area contributed by atoms with Crippen LogP contribution in [-0.4, -0.2) is 36.4 Å². The number of carbonyl (C=O) groups is 2. The smallest absolute Gasteiger partial charge is 0.306 e. The van der Waals surface area contributed by atoms with E-state index in [9.17, 15) is 14.7 Å². The number of carbonyl (C=O) groups excluding carboxylic acids is 2. The van der Waals surface area contributed by atoms with E-state index < -0.39 is 12.1 Å². The van der Waals surface area contributed by atoms with Crippen molar-refractivity contribution in [2.75, 3.05) is 13.2 Å². The second kappa shape index (κ2) is 38.5. The summed E-state index contributed by atoms with van der Waals surface area (Å²) in [7, 11) is 0. The van der Waals surface area contributed by atoms with Crippen molar-refractivity contribution in [1.29, 1.82) is 0 Å². The molecule has 272 valence electrons. The molecule has 0 aromatic rings. The highest BCUT2D eigenvalue weighted by atomic mass is 16.6. The fraction of sp³-hybridized carbons (Fsp3) is 0.628. The lowest BCUT2D eigenvalue weighted by atomic mass is 10.1. The number of hydrogen-bond donors (Lipinski definition) is 1. The van der Waals surface area contributed by atoms with Gasteiger partial charge in [-0.15, -0.1) is 0 Å². The van der Waals surface area contributed by atoms with Gasteiger partial charge in [-0.1, -0.05) is 150 Å². The quantitative estimate of drug-likeness (QED) is 0.0429. The number of unbranched alkanes of at least 4 members (excludes halogenated alkanes) is 11. The summed E-state index contributed by atoms with van der Waals surface area (Å²) >= 11 is 0. The minimum atomic E-state index is -0.819. The van der Waals surface area contributed by atoms with Gasteiger partial charge in [0, 0.05) is 12.8 Å². The van der Waals surface area contributed by atoms with Crippen LogP contribution in [0.4, 0.5) is 0 Å². The highest BCUT2D eigenvalue weighted by molar-refractivity contribution is 5.70. The zero-order valence-corrected chi connectivity index (χ0v) is 30.7. The molecule has 0 radical (unpaired) electrons. The zero-order valence-electron chi connectivity index (χ0n) is 30.7. The summed E-state index contributed by atoms with van der Waals surface area (Å²) in [6.45, 7) is 3.91. The highest BCUT2D eigenvalue weighted by Crippen LogP contribution is 2.10. The number of rotatable bonds is 33. The van der Waals surface area contributed by atoms with Crippen LogP contribution in [-0.2, 0) is 19.1 Å². The lowest BCUT2D eigenvalue weighted by Crippen LogP contribution is -2.28. The second-order valence-corrected chi connectivity index (χ2v) is 12.3. The van der Waals surface area contributed by atoms with Gasteiger partial charge in [-0.2, -0.15) is 0 Å². The molecule has 1 unspecified atom stereocenters. The van der Waals surface area contributed by atoms with Crippen molar-refractivity contribution in [3.05, 3.63) is 85.1 Å². The molecule has 0 spiro atoms. The van der Waals surface area contributed by atoms with Crippen LogP contribution in [0.1, 0.15) is 155 Å². The number of allylic oxidation sites excluding steroid dienone is 14. The van der Waals surface area contributed by atoms with Crippen LogP contribution < -0.4 is 0 Å². The number of aliphatic hydroxyl groups excluding tert-OH is 1. The van der Waals surface area contributed by atoms with Gasteiger partial charge in [0.2, 0.25) is 0 Å². The standard InChI is InChI=1S/C43H70O5/c1-3-5-7-9-11-13-15-17-18-19-20-21-22-23-24-26-27-29-31-33-35-37-42(45)47-40-41(39-44)48-43(46)38-36-34-32-30-28-25-16-14-12-10-8-6-4-2/h6,8,12,14-15,17,19-20,22-23,25,28,32,34,41,44H,3-5,7,9-11,13,16,18,21,24,26-27,29-31,33,35-40H2,1-2H3/b8-6-,14-12-,17-15-,20-19-,23-22-,28-25-,34-32-. The first-order chi connectivity index (χ1) is 23.6. The molecule has 0 bridgehead atoms. The van der Waals surface area contributed by atoms with Crippen LogP contribution in [0.25, 0.3) is 0 Å². The Kier molecular flexibility index (Phi) is 36.2. The first-order valence-electron chi connectivity index (χ1n) is 19.1. The summed E-state index contributed by atoms with van der Waals surface area (Å²) in [6.07, 6.45) is 52.3. The molecule has 0 aromatic heterocycles. The van der Waals surface area contributed by atoms with Gasteiger partial charge < -0.3 is 14.6 Å². The first-order valence-corrected chi connectivity index (χ1v) is 19.1. The van der Waals surface area contributed by atoms with E-state index in [1.807, 2.05) is 12.2 Å². The van der Waals surface area contributed by atoms with Crippen LogP contribution in [0.3, 0.4) is 0 Å². The summed E-state index contributed by atoms with van der Waals surface area (Å²) in [6, 6.07) is 0. The zero-order chi connectivity index (χ0) is 35.0. The van der Waals surface area contributed by atoms with Crippen molar-refractivity contribution >= 4 is 11.9 Å². The van der Waals surface area contributed by atoms with Crippen LogP contribution >= 0.6 is 0 Å². The van der Waals surface area contributed by atoms with Gasteiger partial charge in [0.25, 0.3) is 0 Å². The third kappa shape index (κ3) is 35.9. The minimum Gasteiger partial charge on any atom is -0.462 e. The first kappa shape index (κ1) is 45.1. The molecule has 0 heterocycles. The Balaban J connectivity index is 3.69. The lowest BCUT2D eigenvalue weighted by Gasteiger charge is -2.15. The Bertz CT molecular complexity index is 937. The van der Waals surface area contributed by atoms with Crippen molar-refractivity contribution in [3.63, 3.8) is 0 Å². The van der Waals surface area contributed by atoms with Gasteiger partial charge in [-0.3, -0.25) is 9.59 Å². The summed E-state index contributed by atoms with van der Waals surface area (Å²) in [5, 5.41) is 9.52. The van der Waals surface area contributed by atoms with Crippen molar-refractivity contribution in [1.82, 2.24) is 0 Å². The molecule has 5 nitrogen and oxygen atoms in total. The summed E-state index contributed by atoms with van der Waals surface area (Å²) in [5.74, 6) is -0.709. The Morgan fingerprint density at radius 3 is 1.44 bits per heavy atom. The van der Waals surface area contributed by atoms with Gasteiger partial charge in [0.05, 0.1) is 6.61 Å². The predicted molar refractivity (Wildman–Crippen MR) is 205 cm³/mol. The summed E-state index contributed by atoms with van der Waals surface area (Å²) < 4.78 is 10.5. The van der Waals surface area contributed by atoms with Crippen LogP contribution in [0.2, 0.25) is 0 Å². The fourth-order valence-corrected chi connectivity index (χ4v) is 4.81. The molecule has 0 amide bonds. The van der Waals surface area contributed by atoms with Crippen LogP contribution in [0.15, 0.2) is 85.1 Å². The number of esters is 2. The van der Waals surface area contributed by atoms with Crippen molar-refractivity contribution in [2.24, 2.45) is 0 Å². The Morgan fingerprint density at radius 1 is 0.500 bits per heavy atom. The van der Waals surface area contributed by atoms with E-state index in [2.05, 4.69) is 86.8 Å². The highest BCUT2D eigenvalue weighted by Gasteiger charge is 2.15. The van der Waals surface area contributed by atoms with E-state index in [0.29, 0.717) is 12.8 Å². The maximum Gasteiger partial charge on any atom is 0.306 e. The number of ether oxygens (including phenoxy) is 2. The maximum absolute atomic E-state index is 12.1. The third-order valence-corrected chi connectivity index (χ3v) is 7.69. The molecule has 48 heavy (non-hydrogen) atoms. The molecule has 0 aliphatic rings. The second-order valence-electron chi connectivity index (χ2n) is 12.3. The lowest BCUT2D eigenvalue weighted by molar-refractivity contribution is -0.161. The van der Waals surface area contributed by atoms with Gasteiger partial charge >= 0.3 is 11.9 Å². The van der Waals surface area contributed by atoms with Crippen LogP contribution in [0, 0.1) is 0 Å². The Morgan fingerprint density at radius 2 is 0.938 bits per heavy atom. The molecule has 0 saturated carbocycles. The normalized spacial score (nSPS) is 13.1. The molecule has 1 atom stereocenters. The molecule has 0 aliphatic heterocycles. The fourth-order valence-electron chi connectivity index (χ4n) is 4.81. The minimum absolute atomic E-state index is 0.106. The average Bonchev–Trinajstić information content (AvgIpc) is 3.09. The summed E-state index contributed by atoms with van der Waals surface area (Å²) in [4.78, 5) is 24.2. The van der Waals surface area contributed by atoms with E-state index in [4.69, 9.17) is 9.47 Å². The number of aliphatic hydroxyl groups is 1. The van der Waals surface area contributed by atoms with Crippen molar-refractivity contribution in [2.45, 2.75) is 161 Å². The monoisotopic (exact) mass is 667 g/mol. The third-order valence-electron chi connectivity index (χ3n) is 7.69. The van der Waals surface area contributed by atoms with Crippen LogP contribution in [0.5, 0.6) is 0 Å². The van der Waals surface area contributed by atoms with E-state index in [-0.39, 0.29) is 25.6 Å². The van der Waals surface area contributed by atoms with Crippen molar-refractivity contribution in [3.8, 4) is 0 Å². The number of hydrogen-bond acceptors (Lipinski definition) is 5. The maximum atomic E-state index is 12.1. The SMILES string of the molecule is CC/C=C\C/C=C\C/C=C\C/C=C\CCC(=O)OC(CO)COC(=O)CCCCCCCC/C=C\C/C=C\C/C=C\CCCCCCC. The van der Waals surface area contributed by atoms with Gasteiger partial charge in [-0.05, 0) is 77.0 Å². The molecule has 0 aliphatic carbocycles. The van der Waals surface area contributed by atoms with E-state index in [1.54, 1.807) is 0 Å². The van der Waals surface area contributed by atoms with Crippen molar-refractivity contribution < 1.29 is 24.2 Å². The molecule has 0 saturated heterocycles. The molecular weight excluding hydrogens is 596 g/mol. The topological polar surface area (TPSA) is 72.8 Å². The molecular formula is C43H70O5. The average molecular weight is 667 g/mol. The Labute approximate surface area is 295 Å². The predicted octanol–water partition coefficient (Wildman–Crippen LogP) is 11.9. The molecule has 5 heteroatoms. The van der Waals surface area contributed by atoms with Gasteiger partial charge in [0.1, 0.15) is 6.61 Å². The van der Waals surface area contributed by atoms with E-state index >= 15 is 0 Å². The van der Waals surface area contributed by atoms with E-state index in [0.717, 1.165) is 64.2 Å². The molecule has 0 rings (SSSR count).